The topological polar surface area (TPSA) is 0 Å². The Balaban J connectivity index is 3.26. The maximum Gasteiger partial charge on any atom is 0.0774 e. The molecule has 94 valence electrons. The zero-order chi connectivity index (χ0) is 13.3. The van der Waals surface area contributed by atoms with Gasteiger partial charge in [-0.1, -0.05) is 80.0 Å². The fraction of sp³-hybridized carbons (Fsp3) is 0.467. The molecular weight excluding hydrogens is 236 g/mol. The van der Waals surface area contributed by atoms with E-state index in [2.05, 4.69) is 76.2 Å². The molecule has 0 amide bonds. The number of hydrogen-bond acceptors (Lipinski definition) is 0. The molecule has 0 atom stereocenters. The minimum absolute atomic E-state index is 1.15. The first-order chi connectivity index (χ1) is 7.59. The lowest BCUT2D eigenvalue weighted by molar-refractivity contribution is 1.46. The van der Waals surface area contributed by atoms with Crippen LogP contribution >= 0.6 is 0 Å². The monoisotopic (exact) mass is 262 g/mol. The summed E-state index contributed by atoms with van der Waals surface area (Å²) in [4.78, 5) is 0. The largest absolute Gasteiger partial charge is 0.0951 e. The molecule has 0 fully saturated rings. The third kappa shape index (κ3) is 4.64. The molecule has 0 heterocycles. The summed E-state index contributed by atoms with van der Waals surface area (Å²) in [7, 11) is -2.41. The van der Waals surface area contributed by atoms with Crippen LogP contribution in [-0.4, -0.2) is 16.1 Å². The van der Waals surface area contributed by atoms with Gasteiger partial charge >= 0.3 is 0 Å². The Kier molecular flexibility index (Phi) is 4.21. The molecule has 0 bridgehead atoms. The predicted molar refractivity (Wildman–Crippen MR) is 85.8 cm³/mol. The highest BCUT2D eigenvalue weighted by Crippen LogP contribution is 2.28. The molecule has 1 aromatic carbocycles. The Morgan fingerprint density at radius 3 is 1.71 bits per heavy atom. The van der Waals surface area contributed by atoms with Gasteiger partial charge in [0.1, 0.15) is 0 Å². The quantitative estimate of drug-likeness (QED) is 0.662. The Hall–Kier alpha value is -0.606. The zero-order valence-corrected chi connectivity index (χ0v) is 14.4. The average molecular weight is 263 g/mol. The highest BCUT2D eigenvalue weighted by molar-refractivity contribution is 6.96. The standard InChI is InChI=1S/C15H26Si2/c1-13-8-10-14(11-9-13)15(17(5,6)7)12-16(2,3)4/h8-12H,1-7H3/b15-12-. The van der Waals surface area contributed by atoms with Crippen molar-refractivity contribution >= 4 is 21.3 Å². The molecule has 0 aliphatic carbocycles. The van der Waals surface area contributed by atoms with Crippen molar-refractivity contribution in [3.8, 4) is 0 Å². The van der Waals surface area contributed by atoms with Crippen LogP contribution in [0.1, 0.15) is 11.1 Å². The summed E-state index contributed by atoms with van der Waals surface area (Å²) in [6.45, 7) is 16.7. The van der Waals surface area contributed by atoms with Gasteiger partial charge in [-0.05, 0) is 12.5 Å². The Bertz CT molecular complexity index is 400. The van der Waals surface area contributed by atoms with Gasteiger partial charge in [-0.3, -0.25) is 0 Å². The summed E-state index contributed by atoms with van der Waals surface area (Å²) < 4.78 is 0. The third-order valence-corrected chi connectivity index (χ3v) is 6.24. The molecule has 0 aliphatic heterocycles. The minimum Gasteiger partial charge on any atom is -0.0951 e. The van der Waals surface area contributed by atoms with Gasteiger partial charge in [0.15, 0.2) is 0 Å². The number of aryl methyl sites for hydroxylation is 1. The van der Waals surface area contributed by atoms with Gasteiger partial charge in [-0.15, -0.1) is 0 Å². The highest BCUT2D eigenvalue weighted by Gasteiger charge is 2.23. The summed E-state index contributed by atoms with van der Waals surface area (Å²) in [5.41, 5.74) is 5.39. The van der Waals surface area contributed by atoms with Gasteiger partial charge < -0.3 is 0 Å². The predicted octanol–water partition coefficient (Wildman–Crippen LogP) is 5.13. The fourth-order valence-corrected chi connectivity index (χ4v) is 7.00. The van der Waals surface area contributed by atoms with Crippen molar-refractivity contribution in [3.05, 3.63) is 41.1 Å². The second-order valence-electron chi connectivity index (χ2n) is 7.04. The number of benzene rings is 1. The normalized spacial score (nSPS) is 13.9. The van der Waals surface area contributed by atoms with E-state index in [1.807, 2.05) is 0 Å². The van der Waals surface area contributed by atoms with Gasteiger partial charge in [0, 0.05) is 0 Å². The van der Waals surface area contributed by atoms with Crippen molar-refractivity contribution in [1.29, 1.82) is 0 Å². The van der Waals surface area contributed by atoms with Crippen LogP contribution in [0.15, 0.2) is 30.0 Å². The van der Waals surface area contributed by atoms with E-state index >= 15 is 0 Å². The summed E-state index contributed by atoms with van der Waals surface area (Å²) in [5.74, 6) is 0. The van der Waals surface area contributed by atoms with Crippen LogP contribution in [0.2, 0.25) is 39.3 Å². The van der Waals surface area contributed by atoms with E-state index in [1.165, 1.54) is 11.1 Å². The van der Waals surface area contributed by atoms with Crippen LogP contribution in [0.25, 0.3) is 5.20 Å². The molecule has 0 aliphatic rings. The molecule has 0 radical (unpaired) electrons. The summed E-state index contributed by atoms with van der Waals surface area (Å²) in [6.07, 6.45) is 0. The molecule has 0 spiro atoms. The molecule has 0 N–H and O–H groups in total. The second-order valence-corrected chi connectivity index (χ2v) is 17.1. The number of rotatable bonds is 3. The van der Waals surface area contributed by atoms with Crippen molar-refractivity contribution in [2.45, 2.75) is 46.2 Å². The van der Waals surface area contributed by atoms with E-state index in [1.54, 1.807) is 5.20 Å². The molecule has 0 unspecified atom stereocenters. The van der Waals surface area contributed by atoms with Crippen LogP contribution < -0.4 is 0 Å². The molecule has 1 aromatic rings. The Morgan fingerprint density at radius 1 is 0.882 bits per heavy atom. The van der Waals surface area contributed by atoms with E-state index in [0.717, 1.165) is 0 Å². The van der Waals surface area contributed by atoms with Crippen molar-refractivity contribution in [2.24, 2.45) is 0 Å². The third-order valence-electron chi connectivity index (χ3n) is 2.75. The Labute approximate surface area is 109 Å². The van der Waals surface area contributed by atoms with E-state index in [4.69, 9.17) is 0 Å². The minimum atomic E-state index is -1.26. The van der Waals surface area contributed by atoms with Crippen LogP contribution in [0.3, 0.4) is 0 Å². The molecule has 0 saturated heterocycles. The molecule has 0 saturated carbocycles. The highest BCUT2D eigenvalue weighted by atomic mass is 28.3. The van der Waals surface area contributed by atoms with Crippen LogP contribution in [0, 0.1) is 6.92 Å². The molecule has 1 rings (SSSR count). The molecule has 0 aromatic heterocycles. The van der Waals surface area contributed by atoms with E-state index < -0.39 is 16.1 Å². The maximum absolute atomic E-state index is 2.60. The van der Waals surface area contributed by atoms with E-state index in [9.17, 15) is 0 Å². The lowest BCUT2D eigenvalue weighted by Gasteiger charge is -2.25. The lowest BCUT2D eigenvalue weighted by atomic mass is 10.1. The van der Waals surface area contributed by atoms with E-state index in [0.29, 0.717) is 0 Å². The van der Waals surface area contributed by atoms with Crippen LogP contribution in [0.5, 0.6) is 0 Å². The van der Waals surface area contributed by atoms with Crippen LogP contribution in [0.4, 0.5) is 0 Å². The smallest absolute Gasteiger partial charge is 0.0774 e. The van der Waals surface area contributed by atoms with Gasteiger partial charge in [0.25, 0.3) is 0 Å². The Morgan fingerprint density at radius 2 is 1.35 bits per heavy atom. The van der Waals surface area contributed by atoms with Crippen molar-refractivity contribution in [2.75, 3.05) is 0 Å². The SMILES string of the molecule is Cc1ccc(/C(=C/[Si](C)(C)C)[Si](C)(C)C)cc1. The van der Waals surface area contributed by atoms with E-state index in [-0.39, 0.29) is 0 Å². The average Bonchev–Trinajstić information content (AvgIpc) is 2.13. The molecule has 0 nitrogen and oxygen atoms in total. The fourth-order valence-electron chi connectivity index (χ4n) is 1.90. The first-order valence-electron chi connectivity index (χ1n) is 6.40. The van der Waals surface area contributed by atoms with Crippen molar-refractivity contribution in [1.82, 2.24) is 0 Å². The first kappa shape index (κ1) is 14.5. The van der Waals surface area contributed by atoms with Gasteiger partial charge in [-0.2, -0.15) is 0 Å². The van der Waals surface area contributed by atoms with Gasteiger partial charge in [0.2, 0.25) is 0 Å². The maximum atomic E-state index is 2.60. The van der Waals surface area contributed by atoms with Gasteiger partial charge in [-0.25, -0.2) is 0 Å². The molecule has 17 heavy (non-hydrogen) atoms. The summed E-state index contributed by atoms with van der Waals surface area (Å²) in [6, 6.07) is 9.04. The summed E-state index contributed by atoms with van der Waals surface area (Å²) in [5, 5.41) is 1.64. The first-order valence-corrected chi connectivity index (χ1v) is 13.5. The van der Waals surface area contributed by atoms with Crippen molar-refractivity contribution < 1.29 is 0 Å². The zero-order valence-electron chi connectivity index (χ0n) is 12.4. The second kappa shape index (κ2) is 4.95. The van der Waals surface area contributed by atoms with Gasteiger partial charge in [0.05, 0.1) is 16.1 Å². The van der Waals surface area contributed by atoms with Crippen LogP contribution in [-0.2, 0) is 0 Å². The molecular formula is C15H26Si2. The lowest BCUT2D eigenvalue weighted by Crippen LogP contribution is -2.27. The van der Waals surface area contributed by atoms with Crippen molar-refractivity contribution in [3.63, 3.8) is 0 Å². The molecule has 2 heteroatoms. The number of hydrogen-bond donors (Lipinski definition) is 0. The summed E-state index contributed by atoms with van der Waals surface area (Å²) >= 11 is 0.